The molecule has 3 atom stereocenters. The Labute approximate surface area is 230 Å². The van der Waals surface area contributed by atoms with Crippen molar-refractivity contribution in [2.45, 2.75) is 32.2 Å². The number of ether oxygens (including phenoxy) is 1. The van der Waals surface area contributed by atoms with Gasteiger partial charge in [-0.2, -0.15) is 0 Å². The molecule has 0 bridgehead atoms. The number of carbonyl (C=O) groups is 1. The molecule has 1 amide bonds. The Morgan fingerprint density at radius 1 is 0.949 bits per heavy atom. The summed E-state index contributed by atoms with van der Waals surface area (Å²) in [5.41, 5.74) is 4.66. The fraction of sp³-hybridized carbons (Fsp3) is 0.241. The largest absolute Gasteiger partial charge is 0.403 e. The van der Waals surface area contributed by atoms with E-state index in [2.05, 4.69) is 39.6 Å². The Kier molecular flexibility index (Phi) is 6.76. The number of rotatable bonds is 5. The Morgan fingerprint density at radius 2 is 1.69 bits per heavy atom. The van der Waals surface area contributed by atoms with E-state index in [9.17, 15) is 4.79 Å². The maximum absolute atomic E-state index is 13.1. The van der Waals surface area contributed by atoms with Crippen molar-refractivity contribution >= 4 is 40.6 Å². The summed E-state index contributed by atoms with van der Waals surface area (Å²) in [7, 11) is 0. The molecule has 3 heterocycles. The smallest absolute Gasteiger partial charge is 0.317 e. The summed E-state index contributed by atoms with van der Waals surface area (Å²) in [5, 5.41) is 14.7. The zero-order valence-corrected chi connectivity index (χ0v) is 22.2. The van der Waals surface area contributed by atoms with Crippen LogP contribution in [-0.4, -0.2) is 53.3 Å². The van der Waals surface area contributed by atoms with Crippen LogP contribution in [0.15, 0.2) is 82.2 Å². The molecule has 1 fully saturated rings. The van der Waals surface area contributed by atoms with Gasteiger partial charge in [-0.15, -0.1) is 5.10 Å². The summed E-state index contributed by atoms with van der Waals surface area (Å²) in [5.74, 6) is -0.105. The first-order chi connectivity index (χ1) is 18.9. The van der Waals surface area contributed by atoms with E-state index in [1.165, 1.54) is 0 Å². The number of aliphatic imine (C=N–C) groups is 1. The minimum atomic E-state index is -0.996. The average Bonchev–Trinajstić information content (AvgIpc) is 3.34. The maximum Gasteiger partial charge on any atom is 0.317 e. The van der Waals surface area contributed by atoms with Gasteiger partial charge in [0.15, 0.2) is 0 Å². The van der Waals surface area contributed by atoms with E-state index in [-0.39, 0.29) is 30.0 Å². The van der Waals surface area contributed by atoms with E-state index in [1.807, 2.05) is 72.8 Å². The first kappa shape index (κ1) is 25.1. The Morgan fingerprint density at radius 3 is 2.46 bits per heavy atom. The van der Waals surface area contributed by atoms with E-state index in [0.29, 0.717) is 22.0 Å². The number of carbonyl (C=O) groups excluding carboxylic acids is 1. The van der Waals surface area contributed by atoms with Crippen molar-refractivity contribution in [2.75, 3.05) is 28.6 Å². The first-order valence-electron chi connectivity index (χ1n) is 12.8. The third kappa shape index (κ3) is 5.23. The van der Waals surface area contributed by atoms with Crippen molar-refractivity contribution in [2.24, 2.45) is 4.99 Å². The lowest BCUT2D eigenvalue weighted by Gasteiger charge is -2.37. The van der Waals surface area contributed by atoms with Crippen LogP contribution in [0.2, 0.25) is 5.02 Å². The second-order valence-electron chi connectivity index (χ2n) is 9.66. The van der Waals surface area contributed by atoms with Crippen molar-refractivity contribution in [3.8, 4) is 11.5 Å². The van der Waals surface area contributed by atoms with Gasteiger partial charge in [-0.05, 0) is 38.1 Å². The molecule has 0 spiro atoms. The van der Waals surface area contributed by atoms with Gasteiger partial charge in [0, 0.05) is 29.9 Å². The number of anilines is 3. The van der Waals surface area contributed by atoms with E-state index >= 15 is 0 Å². The lowest BCUT2D eigenvalue weighted by atomic mass is 10.0. The minimum Gasteiger partial charge on any atom is -0.403 e. The van der Waals surface area contributed by atoms with E-state index in [1.54, 1.807) is 0 Å². The number of nitrogens with zero attached hydrogens (tertiary/aromatic N) is 4. The number of fused-ring (bicyclic) bond motifs is 1. The molecule has 9 nitrogen and oxygen atoms in total. The molecule has 39 heavy (non-hydrogen) atoms. The molecule has 1 saturated heterocycles. The standard InChI is InChI=1S/C29H27ClN6O3/c1-17-15-36(16-18(2)38-17)20-12-13-21(23(30)14-20)28-34-35-29(39-28)33-26-27(37)31-24-11-7-6-10-22(24)25(32-26)19-8-4-3-5-9-19/h3-14,17-18,26H,15-16H2,1-2H3,(H,31,37)(H,33,35)/t17-,18+,26-/m1/s1. The molecule has 3 aromatic carbocycles. The lowest BCUT2D eigenvalue weighted by molar-refractivity contribution is -0.116. The van der Waals surface area contributed by atoms with E-state index < -0.39 is 6.17 Å². The number of hydrogen-bond acceptors (Lipinski definition) is 8. The molecule has 4 aromatic rings. The molecule has 2 aliphatic heterocycles. The van der Waals surface area contributed by atoms with Crippen molar-refractivity contribution in [1.82, 2.24) is 10.2 Å². The minimum absolute atomic E-state index is 0.0586. The molecule has 2 aliphatic rings. The van der Waals surface area contributed by atoms with Crippen LogP contribution in [0.25, 0.3) is 11.5 Å². The van der Waals surface area contributed by atoms with E-state index in [4.69, 9.17) is 25.7 Å². The number of para-hydroxylation sites is 1. The van der Waals surface area contributed by atoms with Crippen LogP contribution in [-0.2, 0) is 9.53 Å². The molecule has 0 aliphatic carbocycles. The molecule has 0 radical (unpaired) electrons. The number of benzodiazepines with no additional fused rings is 1. The fourth-order valence-electron chi connectivity index (χ4n) is 4.95. The topological polar surface area (TPSA) is 105 Å². The second kappa shape index (κ2) is 10.5. The van der Waals surface area contributed by atoms with Crippen molar-refractivity contribution in [1.29, 1.82) is 0 Å². The molecule has 1 aromatic heterocycles. The zero-order valence-electron chi connectivity index (χ0n) is 21.5. The van der Waals surface area contributed by atoms with Gasteiger partial charge in [-0.1, -0.05) is 65.2 Å². The number of benzene rings is 3. The number of hydrogen-bond donors (Lipinski definition) is 2. The van der Waals surface area contributed by atoms with E-state index in [0.717, 1.165) is 29.9 Å². The van der Waals surface area contributed by atoms with Crippen LogP contribution in [0, 0.1) is 0 Å². The molecule has 2 N–H and O–H groups in total. The summed E-state index contributed by atoms with van der Waals surface area (Å²) >= 11 is 6.65. The summed E-state index contributed by atoms with van der Waals surface area (Å²) in [6.45, 7) is 5.69. The van der Waals surface area contributed by atoms with Crippen LogP contribution >= 0.6 is 11.6 Å². The highest BCUT2D eigenvalue weighted by Crippen LogP contribution is 2.33. The number of amides is 1. The molecule has 6 rings (SSSR count). The Hall–Kier alpha value is -4.21. The lowest BCUT2D eigenvalue weighted by Crippen LogP contribution is -2.45. The van der Waals surface area contributed by atoms with Crippen molar-refractivity contribution in [3.05, 3.63) is 88.9 Å². The highest BCUT2D eigenvalue weighted by molar-refractivity contribution is 6.33. The number of aromatic nitrogens is 2. The normalized spacial score (nSPS) is 21.0. The summed E-state index contributed by atoms with van der Waals surface area (Å²) < 4.78 is 11.7. The maximum atomic E-state index is 13.1. The zero-order chi connectivity index (χ0) is 26.9. The Bertz CT molecular complexity index is 1530. The van der Waals surface area contributed by atoms with Gasteiger partial charge < -0.3 is 24.7 Å². The predicted octanol–water partition coefficient (Wildman–Crippen LogP) is 5.23. The molecular formula is C29H27ClN6O3. The number of halogens is 1. The summed E-state index contributed by atoms with van der Waals surface area (Å²) in [6, 6.07) is 23.1. The second-order valence-corrected chi connectivity index (χ2v) is 10.1. The molecule has 198 valence electrons. The molecule has 10 heteroatoms. The molecule has 0 unspecified atom stereocenters. The van der Waals surface area contributed by atoms with Crippen LogP contribution < -0.4 is 15.5 Å². The highest BCUT2D eigenvalue weighted by Gasteiger charge is 2.28. The van der Waals surface area contributed by atoms with Crippen molar-refractivity contribution < 1.29 is 13.9 Å². The van der Waals surface area contributed by atoms with Gasteiger partial charge >= 0.3 is 6.01 Å². The van der Waals surface area contributed by atoms with Gasteiger partial charge in [-0.25, -0.2) is 4.99 Å². The van der Waals surface area contributed by atoms with Crippen molar-refractivity contribution in [3.63, 3.8) is 0 Å². The number of nitrogens with one attached hydrogen (secondary N) is 2. The average molecular weight is 543 g/mol. The quantitative estimate of drug-likeness (QED) is 0.356. The van der Waals surface area contributed by atoms with Gasteiger partial charge in [0.2, 0.25) is 6.17 Å². The number of morpholine rings is 1. The molecule has 0 saturated carbocycles. The van der Waals surface area contributed by atoms with Crippen LogP contribution in [0.1, 0.15) is 25.0 Å². The third-order valence-electron chi connectivity index (χ3n) is 6.65. The van der Waals surface area contributed by atoms with Gasteiger partial charge in [0.1, 0.15) is 0 Å². The summed E-state index contributed by atoms with van der Waals surface area (Å²) in [4.78, 5) is 20.1. The van der Waals surface area contributed by atoms with Crippen LogP contribution in [0.3, 0.4) is 0 Å². The highest BCUT2D eigenvalue weighted by atomic mass is 35.5. The first-order valence-corrected chi connectivity index (χ1v) is 13.2. The monoisotopic (exact) mass is 542 g/mol. The van der Waals surface area contributed by atoms with Crippen LogP contribution in [0.5, 0.6) is 0 Å². The van der Waals surface area contributed by atoms with Gasteiger partial charge in [0.05, 0.1) is 34.2 Å². The molecular weight excluding hydrogens is 516 g/mol. The SMILES string of the molecule is C[C@@H]1CN(c2ccc(-c3nnc(N[C@H]4N=C(c5ccccc5)c5ccccc5NC4=O)o3)c(Cl)c2)C[C@H](C)O1. The van der Waals surface area contributed by atoms with Gasteiger partial charge in [-0.3, -0.25) is 4.79 Å². The Balaban J connectivity index is 1.26. The predicted molar refractivity (Wildman–Crippen MR) is 152 cm³/mol. The van der Waals surface area contributed by atoms with Crippen LogP contribution in [0.4, 0.5) is 17.4 Å². The third-order valence-corrected chi connectivity index (χ3v) is 6.96. The van der Waals surface area contributed by atoms with Gasteiger partial charge in [0.25, 0.3) is 11.8 Å². The summed E-state index contributed by atoms with van der Waals surface area (Å²) in [6.07, 6.45) is -0.726. The fourth-order valence-corrected chi connectivity index (χ4v) is 5.21.